The van der Waals surface area contributed by atoms with E-state index in [9.17, 15) is 4.79 Å². The first kappa shape index (κ1) is 14.0. The van der Waals surface area contributed by atoms with Crippen molar-refractivity contribution >= 4 is 24.0 Å². The molecule has 1 aliphatic heterocycles. The summed E-state index contributed by atoms with van der Waals surface area (Å²) >= 11 is 0. The van der Waals surface area contributed by atoms with Gasteiger partial charge in [-0.25, -0.2) is 0 Å². The smallest absolute Gasteiger partial charge is 0.243 e. The second kappa shape index (κ2) is 6.62. The van der Waals surface area contributed by atoms with E-state index < -0.39 is 0 Å². The minimum Gasteiger partial charge on any atom is -0.314 e. The Morgan fingerprint density at radius 1 is 1.29 bits per heavy atom. The third-order valence-electron chi connectivity index (χ3n) is 3.08. The second-order valence-electron chi connectivity index (χ2n) is 4.24. The Hall–Kier alpha value is -1.06. The van der Waals surface area contributed by atoms with Crippen molar-refractivity contribution in [1.82, 2.24) is 5.32 Å². The molecule has 1 saturated heterocycles. The summed E-state index contributed by atoms with van der Waals surface area (Å²) in [4.78, 5) is 13.9. The fourth-order valence-electron chi connectivity index (χ4n) is 2.08. The highest BCUT2D eigenvalue weighted by atomic mass is 35.5. The average Bonchev–Trinajstić information content (AvgIpc) is 2.39. The van der Waals surface area contributed by atoms with Crippen molar-refractivity contribution in [2.45, 2.75) is 25.3 Å². The Labute approximate surface area is 109 Å². The molecule has 1 aromatic carbocycles. The number of para-hydroxylation sites is 1. The Morgan fingerprint density at radius 2 is 2.00 bits per heavy atom. The number of amides is 1. The summed E-state index contributed by atoms with van der Waals surface area (Å²) in [5, 5.41) is 3.28. The molecule has 0 bridgehead atoms. The van der Waals surface area contributed by atoms with Gasteiger partial charge < -0.3 is 10.2 Å². The molecule has 0 saturated carbocycles. The molecule has 4 heteroatoms. The molecule has 0 radical (unpaired) electrons. The highest BCUT2D eigenvalue weighted by Gasteiger charge is 2.23. The molecular weight excluding hydrogens is 236 g/mol. The van der Waals surface area contributed by atoms with Crippen molar-refractivity contribution in [3.8, 4) is 0 Å². The lowest BCUT2D eigenvalue weighted by molar-refractivity contribution is -0.120. The van der Waals surface area contributed by atoms with Gasteiger partial charge in [0.2, 0.25) is 5.91 Å². The lowest BCUT2D eigenvalue weighted by atomic mass is 10.0. The second-order valence-corrected chi connectivity index (χ2v) is 4.24. The number of benzene rings is 1. The number of halogens is 1. The maximum Gasteiger partial charge on any atom is 0.243 e. The number of hydrogen-bond acceptors (Lipinski definition) is 2. The van der Waals surface area contributed by atoms with Crippen molar-refractivity contribution in [2.75, 3.05) is 18.5 Å². The number of carbonyl (C=O) groups is 1. The molecule has 1 aromatic rings. The van der Waals surface area contributed by atoms with Crippen LogP contribution in [0.1, 0.15) is 19.3 Å². The first-order chi connectivity index (χ1) is 7.79. The van der Waals surface area contributed by atoms with Gasteiger partial charge in [-0.3, -0.25) is 4.79 Å². The molecule has 0 unspecified atom stereocenters. The van der Waals surface area contributed by atoms with Crippen LogP contribution in [0, 0.1) is 0 Å². The fraction of sp³-hybridized carbons (Fsp3) is 0.462. The van der Waals surface area contributed by atoms with Crippen LogP contribution < -0.4 is 10.2 Å². The van der Waals surface area contributed by atoms with Crippen LogP contribution in [0.2, 0.25) is 0 Å². The maximum absolute atomic E-state index is 12.2. The molecule has 0 spiro atoms. The van der Waals surface area contributed by atoms with Crippen molar-refractivity contribution < 1.29 is 4.79 Å². The van der Waals surface area contributed by atoms with Gasteiger partial charge in [0.1, 0.15) is 0 Å². The summed E-state index contributed by atoms with van der Waals surface area (Å²) in [5.74, 6) is 0.172. The maximum atomic E-state index is 12.2. The monoisotopic (exact) mass is 254 g/mol. The van der Waals surface area contributed by atoms with Crippen LogP contribution in [0.25, 0.3) is 0 Å². The molecule has 1 N–H and O–H groups in total. The van der Waals surface area contributed by atoms with Crippen molar-refractivity contribution in [3.63, 3.8) is 0 Å². The van der Waals surface area contributed by atoms with Crippen LogP contribution >= 0.6 is 12.4 Å². The van der Waals surface area contributed by atoms with Crippen LogP contribution in [0.5, 0.6) is 0 Å². The molecule has 1 aliphatic rings. The molecule has 1 atom stereocenters. The third-order valence-corrected chi connectivity index (χ3v) is 3.08. The van der Waals surface area contributed by atoms with Crippen LogP contribution in [0.15, 0.2) is 30.3 Å². The van der Waals surface area contributed by atoms with E-state index >= 15 is 0 Å². The zero-order chi connectivity index (χ0) is 11.4. The highest BCUT2D eigenvalue weighted by molar-refractivity contribution is 5.96. The molecule has 1 heterocycles. The zero-order valence-corrected chi connectivity index (χ0v) is 10.9. The van der Waals surface area contributed by atoms with E-state index in [0.29, 0.717) is 0 Å². The van der Waals surface area contributed by atoms with Crippen molar-refractivity contribution in [3.05, 3.63) is 30.3 Å². The molecule has 0 aromatic heterocycles. The molecule has 3 nitrogen and oxygen atoms in total. The van der Waals surface area contributed by atoms with Gasteiger partial charge in [-0.05, 0) is 31.5 Å². The lowest BCUT2D eigenvalue weighted by Gasteiger charge is -2.27. The van der Waals surface area contributed by atoms with E-state index in [1.165, 1.54) is 6.42 Å². The number of hydrogen-bond donors (Lipinski definition) is 1. The van der Waals surface area contributed by atoms with Crippen molar-refractivity contribution in [1.29, 1.82) is 0 Å². The minimum absolute atomic E-state index is 0. The van der Waals surface area contributed by atoms with Gasteiger partial charge in [-0.2, -0.15) is 0 Å². The SMILES string of the molecule is CN(C(=O)[C@@H]1CCCCN1)c1ccccc1.Cl. The van der Waals surface area contributed by atoms with Crippen LogP contribution in [-0.4, -0.2) is 25.5 Å². The average molecular weight is 255 g/mol. The predicted octanol–water partition coefficient (Wildman–Crippen LogP) is 2.21. The zero-order valence-electron chi connectivity index (χ0n) is 10.1. The molecule has 1 amide bonds. The van der Waals surface area contributed by atoms with E-state index in [1.54, 1.807) is 4.90 Å². The summed E-state index contributed by atoms with van der Waals surface area (Å²) in [6.07, 6.45) is 3.28. The van der Waals surface area contributed by atoms with Gasteiger partial charge in [-0.15, -0.1) is 12.4 Å². The van der Waals surface area contributed by atoms with E-state index in [1.807, 2.05) is 37.4 Å². The fourth-order valence-corrected chi connectivity index (χ4v) is 2.08. The summed E-state index contributed by atoms with van der Waals surface area (Å²) in [7, 11) is 1.84. The quantitative estimate of drug-likeness (QED) is 0.878. The Kier molecular flexibility index (Phi) is 5.45. The number of likely N-dealkylation sites (N-methyl/N-ethyl adjacent to an activating group) is 1. The normalized spacial score (nSPS) is 19.2. The number of anilines is 1. The molecule has 94 valence electrons. The number of piperidine rings is 1. The van der Waals surface area contributed by atoms with Crippen LogP contribution in [0.4, 0.5) is 5.69 Å². The number of nitrogens with zero attached hydrogens (tertiary/aromatic N) is 1. The molecule has 0 aliphatic carbocycles. The van der Waals surface area contributed by atoms with E-state index in [2.05, 4.69) is 5.32 Å². The Balaban J connectivity index is 0.00000144. The molecule has 17 heavy (non-hydrogen) atoms. The summed E-state index contributed by atoms with van der Waals surface area (Å²) in [5.41, 5.74) is 0.958. The topological polar surface area (TPSA) is 32.3 Å². The summed E-state index contributed by atoms with van der Waals surface area (Å²) in [6.45, 7) is 0.957. The summed E-state index contributed by atoms with van der Waals surface area (Å²) in [6, 6.07) is 9.78. The van der Waals surface area contributed by atoms with Crippen LogP contribution in [0.3, 0.4) is 0 Å². The van der Waals surface area contributed by atoms with Crippen molar-refractivity contribution in [2.24, 2.45) is 0 Å². The largest absolute Gasteiger partial charge is 0.314 e. The lowest BCUT2D eigenvalue weighted by Crippen LogP contribution is -2.47. The molecular formula is C13H19ClN2O. The summed E-state index contributed by atoms with van der Waals surface area (Å²) < 4.78 is 0. The molecule has 2 rings (SSSR count). The van der Waals surface area contributed by atoms with Gasteiger partial charge in [0.05, 0.1) is 6.04 Å². The van der Waals surface area contributed by atoms with Gasteiger partial charge in [0.15, 0.2) is 0 Å². The van der Waals surface area contributed by atoms with Gasteiger partial charge in [0, 0.05) is 12.7 Å². The highest BCUT2D eigenvalue weighted by Crippen LogP contribution is 2.15. The first-order valence-corrected chi connectivity index (χ1v) is 5.85. The van der Waals surface area contributed by atoms with Gasteiger partial charge in [0.25, 0.3) is 0 Å². The van der Waals surface area contributed by atoms with Gasteiger partial charge in [-0.1, -0.05) is 24.6 Å². The van der Waals surface area contributed by atoms with E-state index in [-0.39, 0.29) is 24.4 Å². The third kappa shape index (κ3) is 3.45. The van der Waals surface area contributed by atoms with E-state index in [0.717, 1.165) is 25.1 Å². The van der Waals surface area contributed by atoms with Crippen LogP contribution in [-0.2, 0) is 4.79 Å². The number of carbonyl (C=O) groups excluding carboxylic acids is 1. The first-order valence-electron chi connectivity index (χ1n) is 5.85. The molecule has 1 fully saturated rings. The van der Waals surface area contributed by atoms with E-state index in [4.69, 9.17) is 0 Å². The van der Waals surface area contributed by atoms with Gasteiger partial charge >= 0.3 is 0 Å². The number of rotatable bonds is 2. The number of nitrogens with one attached hydrogen (secondary N) is 1. The predicted molar refractivity (Wildman–Crippen MR) is 72.7 cm³/mol. The minimum atomic E-state index is -0.000967. The standard InChI is InChI=1S/C13H18N2O.ClH/c1-15(11-7-3-2-4-8-11)13(16)12-9-5-6-10-14-12;/h2-4,7-8,12,14H,5-6,9-10H2,1H3;1H/t12-;/m0./s1. The Morgan fingerprint density at radius 3 is 2.59 bits per heavy atom. The Bertz CT molecular complexity index is 350.